The van der Waals surface area contributed by atoms with Crippen molar-refractivity contribution in [2.24, 2.45) is 5.73 Å². The summed E-state index contributed by atoms with van der Waals surface area (Å²) in [7, 11) is 1.82. The first-order chi connectivity index (χ1) is 9.02. The molecule has 4 N–H and O–H groups in total. The number of hydrogen-bond acceptors (Lipinski definition) is 4. The largest absolute Gasteiger partial charge is 0.351 e. The molecule has 19 heavy (non-hydrogen) atoms. The number of carbonyl (C=O) groups is 2. The lowest BCUT2D eigenvalue weighted by Gasteiger charge is -2.13. The van der Waals surface area contributed by atoms with E-state index in [2.05, 4.69) is 10.6 Å². The maximum absolute atomic E-state index is 12.0. The number of hydrogen-bond donors (Lipinski definition) is 3. The molecule has 0 unspecified atom stereocenters. The van der Waals surface area contributed by atoms with Gasteiger partial charge in [-0.3, -0.25) is 9.59 Å². The van der Waals surface area contributed by atoms with Crippen molar-refractivity contribution in [3.05, 3.63) is 34.4 Å². The van der Waals surface area contributed by atoms with Crippen LogP contribution < -0.4 is 16.4 Å². The Morgan fingerprint density at radius 3 is 2.37 bits per heavy atom. The van der Waals surface area contributed by atoms with Gasteiger partial charge in [-0.15, -0.1) is 0 Å². The van der Waals surface area contributed by atoms with Gasteiger partial charge in [0.15, 0.2) is 5.78 Å². The number of rotatable bonds is 6. The van der Waals surface area contributed by atoms with Gasteiger partial charge in [-0.2, -0.15) is 0 Å². The molecule has 0 saturated heterocycles. The van der Waals surface area contributed by atoms with Crippen molar-refractivity contribution in [3.8, 4) is 0 Å². The zero-order valence-corrected chi connectivity index (χ0v) is 11.7. The highest BCUT2D eigenvalue weighted by molar-refractivity contribution is 6.00. The van der Waals surface area contributed by atoms with Crippen LogP contribution in [0.5, 0.6) is 0 Å². The Bertz CT molecular complexity index is 484. The Hall–Kier alpha value is -1.72. The zero-order valence-electron chi connectivity index (χ0n) is 11.7. The van der Waals surface area contributed by atoms with Gasteiger partial charge < -0.3 is 16.4 Å². The van der Waals surface area contributed by atoms with Crippen LogP contribution in [-0.2, 0) is 6.54 Å². The predicted octanol–water partition coefficient (Wildman–Crippen LogP) is 0.606. The first-order valence-electron chi connectivity index (χ1n) is 6.29. The minimum absolute atomic E-state index is 0.0364. The highest BCUT2D eigenvalue weighted by Crippen LogP contribution is 2.19. The number of nitrogens with two attached hydrogens (primary N) is 1. The first-order valence-corrected chi connectivity index (χ1v) is 6.29. The molecule has 1 rings (SSSR count). The molecule has 104 valence electrons. The summed E-state index contributed by atoms with van der Waals surface area (Å²) >= 11 is 0. The molecule has 0 heterocycles. The minimum Gasteiger partial charge on any atom is -0.351 e. The predicted molar refractivity (Wildman–Crippen MR) is 75.3 cm³/mol. The van der Waals surface area contributed by atoms with Gasteiger partial charge in [0, 0.05) is 30.8 Å². The van der Waals surface area contributed by atoms with Crippen molar-refractivity contribution >= 4 is 11.7 Å². The lowest BCUT2D eigenvalue weighted by molar-refractivity contribution is 0.0951. The SMILES string of the molecule is CNCCNC(=O)c1ccc(C(C)=O)c(CN)c1C. The van der Waals surface area contributed by atoms with Gasteiger partial charge in [0.05, 0.1) is 0 Å². The fourth-order valence-corrected chi connectivity index (χ4v) is 1.99. The molecule has 0 aliphatic heterocycles. The van der Waals surface area contributed by atoms with E-state index in [0.29, 0.717) is 24.2 Å². The second-order valence-corrected chi connectivity index (χ2v) is 4.38. The second kappa shape index (κ2) is 7.01. The highest BCUT2D eigenvalue weighted by atomic mass is 16.1. The zero-order chi connectivity index (χ0) is 14.4. The number of benzene rings is 1. The third-order valence-electron chi connectivity index (χ3n) is 3.09. The summed E-state index contributed by atoms with van der Waals surface area (Å²) in [6, 6.07) is 3.35. The van der Waals surface area contributed by atoms with E-state index in [4.69, 9.17) is 5.73 Å². The maximum Gasteiger partial charge on any atom is 0.251 e. The first kappa shape index (κ1) is 15.3. The molecule has 5 nitrogen and oxygen atoms in total. The highest BCUT2D eigenvalue weighted by Gasteiger charge is 2.15. The molecular weight excluding hydrogens is 242 g/mol. The second-order valence-electron chi connectivity index (χ2n) is 4.38. The summed E-state index contributed by atoms with van der Waals surface area (Å²) in [4.78, 5) is 23.5. The van der Waals surface area contributed by atoms with E-state index in [0.717, 1.165) is 11.1 Å². The molecule has 0 saturated carbocycles. The van der Waals surface area contributed by atoms with Crippen molar-refractivity contribution in [2.75, 3.05) is 20.1 Å². The molecule has 1 aromatic carbocycles. The molecule has 1 amide bonds. The molecular formula is C14H21N3O2. The third-order valence-corrected chi connectivity index (χ3v) is 3.09. The van der Waals surface area contributed by atoms with E-state index in [9.17, 15) is 9.59 Å². The van der Waals surface area contributed by atoms with Gasteiger partial charge >= 0.3 is 0 Å². The summed E-state index contributed by atoms with van der Waals surface area (Å²) < 4.78 is 0. The molecule has 0 spiro atoms. The van der Waals surface area contributed by atoms with Crippen LogP contribution in [0.25, 0.3) is 0 Å². The van der Waals surface area contributed by atoms with Gasteiger partial charge in [0.25, 0.3) is 5.91 Å². The quantitative estimate of drug-likeness (QED) is 0.518. The monoisotopic (exact) mass is 263 g/mol. The molecule has 5 heteroatoms. The number of amides is 1. The Kier molecular flexibility index (Phi) is 5.66. The van der Waals surface area contributed by atoms with Crippen LogP contribution >= 0.6 is 0 Å². The Labute approximate surface area is 113 Å². The normalized spacial score (nSPS) is 10.3. The Morgan fingerprint density at radius 1 is 1.21 bits per heavy atom. The molecule has 0 aromatic heterocycles. The molecule has 1 aromatic rings. The van der Waals surface area contributed by atoms with E-state index < -0.39 is 0 Å². The summed E-state index contributed by atoms with van der Waals surface area (Å²) in [5.41, 5.74) is 8.37. The van der Waals surface area contributed by atoms with E-state index in [1.54, 1.807) is 12.1 Å². The number of nitrogens with one attached hydrogen (secondary N) is 2. The van der Waals surface area contributed by atoms with Crippen LogP contribution in [0.4, 0.5) is 0 Å². The Balaban J connectivity index is 3.03. The fourth-order valence-electron chi connectivity index (χ4n) is 1.99. The summed E-state index contributed by atoms with van der Waals surface area (Å²) in [6.07, 6.45) is 0. The summed E-state index contributed by atoms with van der Waals surface area (Å²) in [6.45, 7) is 4.84. The molecule has 0 bridgehead atoms. The van der Waals surface area contributed by atoms with E-state index in [1.165, 1.54) is 6.92 Å². The number of likely N-dealkylation sites (N-methyl/N-ethyl adjacent to an activating group) is 1. The van der Waals surface area contributed by atoms with E-state index in [-0.39, 0.29) is 18.2 Å². The summed E-state index contributed by atoms with van der Waals surface area (Å²) in [5.74, 6) is -0.178. The molecule has 0 atom stereocenters. The van der Waals surface area contributed by atoms with E-state index in [1.807, 2.05) is 14.0 Å². The van der Waals surface area contributed by atoms with Crippen molar-refractivity contribution in [3.63, 3.8) is 0 Å². The molecule has 0 radical (unpaired) electrons. The van der Waals surface area contributed by atoms with E-state index >= 15 is 0 Å². The van der Waals surface area contributed by atoms with Crippen LogP contribution in [0, 0.1) is 6.92 Å². The lowest BCUT2D eigenvalue weighted by atomic mass is 9.94. The smallest absolute Gasteiger partial charge is 0.251 e. The van der Waals surface area contributed by atoms with Gasteiger partial charge in [-0.1, -0.05) is 6.07 Å². The van der Waals surface area contributed by atoms with Crippen LogP contribution in [0.3, 0.4) is 0 Å². The molecule has 0 aliphatic carbocycles. The fraction of sp³-hybridized carbons (Fsp3) is 0.429. The molecule has 0 aliphatic rings. The topological polar surface area (TPSA) is 84.2 Å². The lowest BCUT2D eigenvalue weighted by Crippen LogP contribution is -2.31. The number of ketones is 1. The maximum atomic E-state index is 12.0. The van der Waals surface area contributed by atoms with Crippen molar-refractivity contribution < 1.29 is 9.59 Å². The van der Waals surface area contributed by atoms with Crippen LogP contribution in [0.2, 0.25) is 0 Å². The van der Waals surface area contributed by atoms with Crippen molar-refractivity contribution in [1.29, 1.82) is 0 Å². The third kappa shape index (κ3) is 3.62. The van der Waals surface area contributed by atoms with Crippen LogP contribution in [-0.4, -0.2) is 31.8 Å². The van der Waals surface area contributed by atoms with Gasteiger partial charge in [-0.25, -0.2) is 0 Å². The van der Waals surface area contributed by atoms with Crippen LogP contribution in [0.15, 0.2) is 12.1 Å². The van der Waals surface area contributed by atoms with Crippen molar-refractivity contribution in [2.45, 2.75) is 20.4 Å². The van der Waals surface area contributed by atoms with Gasteiger partial charge in [0.1, 0.15) is 0 Å². The van der Waals surface area contributed by atoms with Gasteiger partial charge in [-0.05, 0) is 38.1 Å². The molecule has 0 fully saturated rings. The van der Waals surface area contributed by atoms with Gasteiger partial charge in [0.2, 0.25) is 0 Å². The number of Topliss-reactive ketones (excluding diaryl/α,β-unsaturated/α-hetero) is 1. The minimum atomic E-state index is -0.141. The standard InChI is InChI=1S/C14H21N3O2/c1-9-11(14(19)17-7-6-16-3)4-5-12(10(2)18)13(9)8-15/h4-5,16H,6-8,15H2,1-3H3,(H,17,19). The average molecular weight is 263 g/mol. The average Bonchev–Trinajstić information content (AvgIpc) is 2.38. The number of carbonyl (C=O) groups excluding carboxylic acids is 2. The summed E-state index contributed by atoms with van der Waals surface area (Å²) in [5, 5.41) is 5.77. The van der Waals surface area contributed by atoms with Crippen LogP contribution in [0.1, 0.15) is 38.8 Å². The van der Waals surface area contributed by atoms with Crippen molar-refractivity contribution in [1.82, 2.24) is 10.6 Å². The Morgan fingerprint density at radius 2 is 1.84 bits per heavy atom.